The minimum Gasteiger partial charge on any atom is -0.369 e. The van der Waals surface area contributed by atoms with Gasteiger partial charge in [0.2, 0.25) is 0 Å². The zero-order chi connectivity index (χ0) is 16.1. The molecule has 3 aromatic rings. The number of anilines is 1. The number of nitrogens with zero attached hydrogens (tertiary/aromatic N) is 2. The summed E-state index contributed by atoms with van der Waals surface area (Å²) in [5.41, 5.74) is 10.1. The van der Waals surface area contributed by atoms with E-state index in [0.717, 1.165) is 22.5 Å². The molecule has 1 aromatic heterocycles. The quantitative estimate of drug-likeness (QED) is 0.565. The standard InChI is InChI=1S/C19H18N4/c1-14-7-5-12-18(21-14)23-19(20)22-17-11-6-10-16(13-17)15-8-3-2-4-9-15/h2-13H,1H3,(H3,20,21,22,23). The predicted molar refractivity (Wildman–Crippen MR) is 95.8 cm³/mol. The predicted octanol–water partition coefficient (Wildman–Crippen LogP) is 4.12. The summed E-state index contributed by atoms with van der Waals surface area (Å²) in [6.07, 6.45) is 0. The van der Waals surface area contributed by atoms with Crippen LogP contribution in [0.15, 0.2) is 77.8 Å². The topological polar surface area (TPSA) is 63.3 Å². The lowest BCUT2D eigenvalue weighted by molar-refractivity contribution is 1.17. The number of nitrogens with one attached hydrogen (secondary N) is 1. The van der Waals surface area contributed by atoms with Crippen LogP contribution in [0.4, 0.5) is 11.5 Å². The fraction of sp³-hybridized carbons (Fsp3) is 0.0526. The van der Waals surface area contributed by atoms with Crippen LogP contribution in [0.2, 0.25) is 0 Å². The molecule has 0 aliphatic rings. The molecular formula is C19H18N4. The Hall–Kier alpha value is -3.14. The summed E-state index contributed by atoms with van der Waals surface area (Å²) < 4.78 is 0. The van der Waals surface area contributed by atoms with E-state index in [9.17, 15) is 0 Å². The minimum absolute atomic E-state index is 0.313. The zero-order valence-electron chi connectivity index (χ0n) is 12.9. The van der Waals surface area contributed by atoms with Crippen molar-refractivity contribution in [3.8, 4) is 11.1 Å². The number of pyridine rings is 1. The van der Waals surface area contributed by atoms with Crippen LogP contribution >= 0.6 is 0 Å². The summed E-state index contributed by atoms with van der Waals surface area (Å²) in [6, 6.07) is 23.9. The number of guanidine groups is 1. The van der Waals surface area contributed by atoms with Crippen molar-refractivity contribution in [2.75, 3.05) is 5.32 Å². The van der Waals surface area contributed by atoms with Crippen molar-refractivity contribution in [1.29, 1.82) is 0 Å². The van der Waals surface area contributed by atoms with Gasteiger partial charge in [0.05, 0.1) is 0 Å². The highest BCUT2D eigenvalue weighted by atomic mass is 15.1. The Labute approximate surface area is 135 Å². The van der Waals surface area contributed by atoms with Crippen LogP contribution in [0.1, 0.15) is 5.69 Å². The Morgan fingerprint density at radius 3 is 2.43 bits per heavy atom. The largest absolute Gasteiger partial charge is 0.369 e. The van der Waals surface area contributed by atoms with E-state index in [1.807, 2.05) is 61.5 Å². The molecule has 4 nitrogen and oxygen atoms in total. The van der Waals surface area contributed by atoms with Gasteiger partial charge in [-0.15, -0.1) is 0 Å². The fourth-order valence-corrected chi connectivity index (χ4v) is 2.30. The van der Waals surface area contributed by atoms with Crippen molar-refractivity contribution in [2.45, 2.75) is 6.92 Å². The van der Waals surface area contributed by atoms with Crippen molar-refractivity contribution in [2.24, 2.45) is 10.7 Å². The molecule has 0 saturated carbocycles. The van der Waals surface area contributed by atoms with Crippen LogP contribution in [0.25, 0.3) is 11.1 Å². The summed E-state index contributed by atoms with van der Waals surface area (Å²) in [7, 11) is 0. The first-order valence-electron chi connectivity index (χ1n) is 7.41. The van der Waals surface area contributed by atoms with E-state index >= 15 is 0 Å². The molecule has 0 aliphatic heterocycles. The second kappa shape index (κ2) is 6.75. The van der Waals surface area contributed by atoms with Crippen molar-refractivity contribution in [3.05, 3.63) is 78.5 Å². The van der Waals surface area contributed by atoms with Crippen LogP contribution < -0.4 is 11.1 Å². The number of rotatable bonds is 3. The van der Waals surface area contributed by atoms with Crippen molar-refractivity contribution in [3.63, 3.8) is 0 Å². The van der Waals surface area contributed by atoms with E-state index in [1.165, 1.54) is 0 Å². The van der Waals surface area contributed by atoms with Gasteiger partial charge in [0.1, 0.15) is 0 Å². The molecule has 2 aromatic carbocycles. The maximum Gasteiger partial charge on any atom is 0.199 e. The summed E-state index contributed by atoms with van der Waals surface area (Å²) >= 11 is 0. The van der Waals surface area contributed by atoms with E-state index in [0.29, 0.717) is 11.8 Å². The minimum atomic E-state index is 0.313. The lowest BCUT2D eigenvalue weighted by atomic mass is 10.1. The maximum absolute atomic E-state index is 5.98. The molecule has 0 saturated heterocycles. The Bertz CT molecular complexity index is 826. The van der Waals surface area contributed by atoms with Crippen molar-refractivity contribution < 1.29 is 0 Å². The average Bonchev–Trinajstić information content (AvgIpc) is 2.56. The second-order valence-corrected chi connectivity index (χ2v) is 5.21. The van der Waals surface area contributed by atoms with Gasteiger partial charge >= 0.3 is 0 Å². The monoisotopic (exact) mass is 302 g/mol. The molecule has 4 heteroatoms. The molecule has 3 N–H and O–H groups in total. The SMILES string of the molecule is Cc1cccc(/N=C(\N)Nc2cccc(-c3ccccc3)c2)n1. The van der Waals surface area contributed by atoms with Crippen LogP contribution in [0, 0.1) is 6.92 Å². The Balaban J connectivity index is 1.80. The van der Waals surface area contributed by atoms with E-state index < -0.39 is 0 Å². The molecule has 23 heavy (non-hydrogen) atoms. The molecule has 114 valence electrons. The van der Waals surface area contributed by atoms with Gasteiger partial charge in [-0.05, 0) is 42.3 Å². The van der Waals surface area contributed by atoms with E-state index in [4.69, 9.17) is 5.73 Å². The van der Waals surface area contributed by atoms with E-state index in [2.05, 4.69) is 33.5 Å². The van der Waals surface area contributed by atoms with Gasteiger partial charge in [-0.2, -0.15) is 4.99 Å². The highest BCUT2D eigenvalue weighted by molar-refractivity contribution is 5.94. The highest BCUT2D eigenvalue weighted by Gasteiger charge is 2.01. The molecule has 0 atom stereocenters. The number of aromatic nitrogens is 1. The molecule has 0 aliphatic carbocycles. The lowest BCUT2D eigenvalue weighted by Gasteiger charge is -2.08. The highest BCUT2D eigenvalue weighted by Crippen LogP contribution is 2.22. The van der Waals surface area contributed by atoms with Crippen LogP contribution in [-0.4, -0.2) is 10.9 Å². The summed E-state index contributed by atoms with van der Waals surface area (Å²) in [5, 5.41) is 3.11. The third kappa shape index (κ3) is 3.95. The first-order chi connectivity index (χ1) is 11.2. The van der Waals surface area contributed by atoms with Gasteiger partial charge in [-0.3, -0.25) is 0 Å². The Kier molecular flexibility index (Phi) is 4.34. The molecule has 0 unspecified atom stereocenters. The average molecular weight is 302 g/mol. The number of benzene rings is 2. The molecule has 1 heterocycles. The molecule has 0 spiro atoms. The second-order valence-electron chi connectivity index (χ2n) is 5.21. The number of nitrogens with two attached hydrogens (primary N) is 1. The molecule has 3 rings (SSSR count). The van der Waals surface area contributed by atoms with Crippen LogP contribution in [0.3, 0.4) is 0 Å². The van der Waals surface area contributed by atoms with E-state index in [-0.39, 0.29) is 0 Å². The number of aryl methyl sites for hydroxylation is 1. The molecule has 0 amide bonds. The van der Waals surface area contributed by atoms with Gasteiger partial charge < -0.3 is 11.1 Å². The summed E-state index contributed by atoms with van der Waals surface area (Å²) in [5.74, 6) is 0.905. The Morgan fingerprint density at radius 1 is 0.913 bits per heavy atom. The zero-order valence-corrected chi connectivity index (χ0v) is 12.9. The molecule has 0 radical (unpaired) electrons. The Morgan fingerprint density at radius 2 is 1.65 bits per heavy atom. The number of hydrogen-bond acceptors (Lipinski definition) is 2. The normalized spacial score (nSPS) is 11.3. The van der Waals surface area contributed by atoms with Crippen molar-refractivity contribution >= 4 is 17.5 Å². The van der Waals surface area contributed by atoms with Crippen molar-refractivity contribution in [1.82, 2.24) is 4.98 Å². The first kappa shape index (κ1) is 14.8. The van der Waals surface area contributed by atoms with E-state index in [1.54, 1.807) is 0 Å². The molecular weight excluding hydrogens is 284 g/mol. The third-order valence-electron chi connectivity index (χ3n) is 3.35. The third-order valence-corrected chi connectivity index (χ3v) is 3.35. The smallest absolute Gasteiger partial charge is 0.199 e. The summed E-state index contributed by atoms with van der Waals surface area (Å²) in [6.45, 7) is 1.92. The van der Waals surface area contributed by atoms with Gasteiger partial charge in [-0.1, -0.05) is 48.5 Å². The van der Waals surface area contributed by atoms with Gasteiger partial charge in [0, 0.05) is 11.4 Å². The molecule has 0 bridgehead atoms. The first-order valence-corrected chi connectivity index (χ1v) is 7.41. The van der Waals surface area contributed by atoms with Crippen LogP contribution in [-0.2, 0) is 0 Å². The number of hydrogen-bond donors (Lipinski definition) is 2. The van der Waals surface area contributed by atoms with Gasteiger partial charge in [0.15, 0.2) is 11.8 Å². The maximum atomic E-state index is 5.98. The fourth-order valence-electron chi connectivity index (χ4n) is 2.30. The van der Waals surface area contributed by atoms with Crippen LogP contribution in [0.5, 0.6) is 0 Å². The van der Waals surface area contributed by atoms with Gasteiger partial charge in [0.25, 0.3) is 0 Å². The molecule has 0 fully saturated rings. The van der Waals surface area contributed by atoms with Gasteiger partial charge in [-0.25, -0.2) is 4.98 Å². The summed E-state index contributed by atoms with van der Waals surface area (Å²) in [4.78, 5) is 8.60. The number of aliphatic imine (C=N–C) groups is 1. The lowest BCUT2D eigenvalue weighted by Crippen LogP contribution is -2.22.